The van der Waals surface area contributed by atoms with Crippen LogP contribution in [0.4, 0.5) is 5.69 Å². The van der Waals surface area contributed by atoms with Gasteiger partial charge in [0.2, 0.25) is 15.9 Å². The number of anilines is 1. The lowest BCUT2D eigenvalue weighted by molar-refractivity contribution is -0.116. The molecule has 0 bridgehead atoms. The maximum absolute atomic E-state index is 12.3. The van der Waals surface area contributed by atoms with Gasteiger partial charge in [-0.2, -0.15) is 0 Å². The number of carbonyl (C=O) groups excluding carboxylic acids is 1. The molecule has 1 unspecified atom stereocenters. The van der Waals surface area contributed by atoms with Crippen LogP contribution >= 0.6 is 11.6 Å². The number of nitrogens with one attached hydrogen (secondary N) is 2. The molecule has 0 aromatic heterocycles. The summed E-state index contributed by atoms with van der Waals surface area (Å²) in [6.45, 7) is 0. The van der Waals surface area contributed by atoms with Gasteiger partial charge in [0.15, 0.2) is 0 Å². The lowest BCUT2D eigenvalue weighted by Crippen LogP contribution is -2.30. The van der Waals surface area contributed by atoms with Crippen LogP contribution in [0.25, 0.3) is 0 Å². The van der Waals surface area contributed by atoms with Crippen LogP contribution in [0, 0.1) is 0 Å². The molecule has 6 nitrogen and oxygen atoms in total. The fraction of sp³-hybridized carbons (Fsp3) is 0.235. The van der Waals surface area contributed by atoms with Crippen LogP contribution in [-0.4, -0.2) is 27.7 Å². The van der Waals surface area contributed by atoms with E-state index < -0.39 is 16.1 Å². The second-order valence-corrected chi connectivity index (χ2v) is 7.69. The van der Waals surface area contributed by atoms with Crippen LogP contribution in [0.5, 0.6) is 5.75 Å². The highest BCUT2D eigenvalue weighted by Gasteiger charge is 2.20. The average Bonchev–Trinajstić information content (AvgIpc) is 2.53. The summed E-state index contributed by atoms with van der Waals surface area (Å²) in [4.78, 5) is 12.3. The van der Waals surface area contributed by atoms with Crippen molar-refractivity contribution in [2.45, 2.75) is 12.5 Å². The minimum absolute atomic E-state index is 0.0636. The fourth-order valence-electron chi connectivity index (χ4n) is 2.29. The monoisotopic (exact) mass is 382 g/mol. The van der Waals surface area contributed by atoms with Gasteiger partial charge in [0.1, 0.15) is 5.75 Å². The van der Waals surface area contributed by atoms with Crippen molar-refractivity contribution in [3.63, 3.8) is 0 Å². The van der Waals surface area contributed by atoms with Crippen LogP contribution in [0.3, 0.4) is 0 Å². The van der Waals surface area contributed by atoms with E-state index in [9.17, 15) is 13.2 Å². The topological polar surface area (TPSA) is 84.5 Å². The molecule has 25 heavy (non-hydrogen) atoms. The second-order valence-electron chi connectivity index (χ2n) is 5.48. The molecule has 1 atom stereocenters. The average molecular weight is 383 g/mol. The Balaban J connectivity index is 2.15. The smallest absolute Gasteiger partial charge is 0.226 e. The Hall–Kier alpha value is -2.09. The first-order valence-corrected chi connectivity index (χ1v) is 9.70. The summed E-state index contributed by atoms with van der Waals surface area (Å²) in [6, 6.07) is 12.9. The molecule has 2 rings (SSSR count). The zero-order valence-electron chi connectivity index (χ0n) is 13.8. The number of benzene rings is 2. The first-order valence-electron chi connectivity index (χ1n) is 7.43. The molecule has 0 aliphatic heterocycles. The third-order valence-electron chi connectivity index (χ3n) is 3.37. The summed E-state index contributed by atoms with van der Waals surface area (Å²) in [6.07, 6.45) is 0.990. The number of halogens is 1. The van der Waals surface area contributed by atoms with Crippen LogP contribution in [-0.2, 0) is 14.8 Å². The molecule has 0 aliphatic carbocycles. The number of carbonyl (C=O) groups is 1. The summed E-state index contributed by atoms with van der Waals surface area (Å²) < 4.78 is 30.8. The molecule has 8 heteroatoms. The third kappa shape index (κ3) is 6.38. The van der Waals surface area contributed by atoms with Crippen LogP contribution in [0.1, 0.15) is 18.0 Å². The number of amides is 1. The van der Waals surface area contributed by atoms with E-state index in [1.165, 1.54) is 0 Å². The van der Waals surface area contributed by atoms with Crippen molar-refractivity contribution in [3.8, 4) is 5.75 Å². The maximum atomic E-state index is 12.3. The van der Waals surface area contributed by atoms with Crippen LogP contribution in [0.15, 0.2) is 48.5 Å². The molecule has 1 amide bonds. The summed E-state index contributed by atoms with van der Waals surface area (Å²) in [5.41, 5.74) is 1.21. The Labute approximate surface area is 152 Å². The maximum Gasteiger partial charge on any atom is 0.226 e. The van der Waals surface area contributed by atoms with Gasteiger partial charge in [0, 0.05) is 17.1 Å². The van der Waals surface area contributed by atoms with Gasteiger partial charge in [-0.15, -0.1) is 0 Å². The molecule has 0 heterocycles. The Morgan fingerprint density at radius 3 is 2.44 bits per heavy atom. The van der Waals surface area contributed by atoms with E-state index in [1.807, 2.05) is 0 Å². The Bertz CT molecular complexity index is 838. The van der Waals surface area contributed by atoms with Crippen molar-refractivity contribution in [2.24, 2.45) is 0 Å². The van der Waals surface area contributed by atoms with Gasteiger partial charge in [-0.3, -0.25) is 4.79 Å². The first-order chi connectivity index (χ1) is 11.8. The van der Waals surface area contributed by atoms with E-state index in [4.69, 9.17) is 16.3 Å². The minimum atomic E-state index is -3.49. The van der Waals surface area contributed by atoms with Gasteiger partial charge in [-0.05, 0) is 35.9 Å². The van der Waals surface area contributed by atoms with Crippen molar-refractivity contribution < 1.29 is 17.9 Å². The van der Waals surface area contributed by atoms with Gasteiger partial charge < -0.3 is 10.1 Å². The molecule has 2 aromatic rings. The van der Waals surface area contributed by atoms with Gasteiger partial charge >= 0.3 is 0 Å². The van der Waals surface area contributed by atoms with Gasteiger partial charge in [0.05, 0.1) is 19.4 Å². The second kappa shape index (κ2) is 8.33. The quantitative estimate of drug-likeness (QED) is 0.771. The highest BCUT2D eigenvalue weighted by Crippen LogP contribution is 2.22. The van der Waals surface area contributed by atoms with E-state index in [-0.39, 0.29) is 12.3 Å². The highest BCUT2D eigenvalue weighted by atomic mass is 35.5. The van der Waals surface area contributed by atoms with E-state index in [2.05, 4.69) is 10.0 Å². The van der Waals surface area contributed by atoms with E-state index in [0.29, 0.717) is 22.0 Å². The summed E-state index contributed by atoms with van der Waals surface area (Å²) in [5, 5.41) is 3.21. The number of hydrogen-bond acceptors (Lipinski definition) is 4. The van der Waals surface area contributed by atoms with Crippen LogP contribution in [0.2, 0.25) is 5.02 Å². The standard InChI is InChI=1S/C17H19ClN2O4S/c1-24-15-8-6-12(7-9-15)16(20-25(2,22)23)11-17(21)19-14-5-3-4-13(18)10-14/h3-10,16,20H,11H2,1-2H3,(H,19,21). The van der Waals surface area contributed by atoms with E-state index in [0.717, 1.165) is 6.26 Å². The van der Waals surface area contributed by atoms with Gasteiger partial charge in [-0.1, -0.05) is 29.8 Å². The zero-order chi connectivity index (χ0) is 18.4. The number of ether oxygens (including phenoxy) is 1. The van der Waals surface area contributed by atoms with E-state index >= 15 is 0 Å². The van der Waals surface area contributed by atoms with Crippen molar-refractivity contribution in [1.29, 1.82) is 0 Å². The number of rotatable bonds is 7. The van der Waals surface area contributed by atoms with Crippen molar-refractivity contribution in [2.75, 3.05) is 18.7 Å². The summed E-state index contributed by atoms with van der Waals surface area (Å²) in [7, 11) is -1.95. The zero-order valence-corrected chi connectivity index (χ0v) is 15.4. The highest BCUT2D eigenvalue weighted by molar-refractivity contribution is 7.88. The Kier molecular flexibility index (Phi) is 6.41. The van der Waals surface area contributed by atoms with Gasteiger partial charge in [0.25, 0.3) is 0 Å². The Morgan fingerprint density at radius 2 is 1.88 bits per heavy atom. The normalized spacial score (nSPS) is 12.4. The lowest BCUT2D eigenvalue weighted by Gasteiger charge is -2.18. The predicted molar refractivity (Wildman–Crippen MR) is 98.4 cm³/mol. The lowest BCUT2D eigenvalue weighted by atomic mass is 10.0. The van der Waals surface area contributed by atoms with Crippen molar-refractivity contribution >= 4 is 33.2 Å². The largest absolute Gasteiger partial charge is 0.497 e. The summed E-state index contributed by atoms with van der Waals surface area (Å²) >= 11 is 5.89. The van der Waals surface area contributed by atoms with Gasteiger partial charge in [-0.25, -0.2) is 13.1 Å². The molecular formula is C17H19ClN2O4S. The molecule has 0 saturated carbocycles. The molecule has 0 fully saturated rings. The SMILES string of the molecule is COc1ccc(C(CC(=O)Nc2cccc(Cl)c2)NS(C)(=O)=O)cc1. The molecule has 0 spiro atoms. The molecular weight excluding hydrogens is 364 g/mol. The van der Waals surface area contributed by atoms with Crippen LogP contribution < -0.4 is 14.8 Å². The Morgan fingerprint density at radius 1 is 1.20 bits per heavy atom. The third-order valence-corrected chi connectivity index (χ3v) is 4.32. The molecule has 0 saturated heterocycles. The molecule has 134 valence electrons. The minimum Gasteiger partial charge on any atom is -0.497 e. The first kappa shape index (κ1) is 19.2. The summed E-state index contributed by atoms with van der Waals surface area (Å²) in [5.74, 6) is 0.310. The number of sulfonamides is 1. The molecule has 0 radical (unpaired) electrons. The van der Waals surface area contributed by atoms with Crippen molar-refractivity contribution in [1.82, 2.24) is 4.72 Å². The van der Waals surface area contributed by atoms with Crippen molar-refractivity contribution in [3.05, 3.63) is 59.1 Å². The fourth-order valence-corrected chi connectivity index (χ4v) is 3.21. The molecule has 2 N–H and O–H groups in total. The molecule has 0 aliphatic rings. The predicted octanol–water partition coefficient (Wildman–Crippen LogP) is 2.97. The number of methoxy groups -OCH3 is 1. The number of hydrogen-bond donors (Lipinski definition) is 2. The van der Waals surface area contributed by atoms with E-state index in [1.54, 1.807) is 55.6 Å². The molecule has 2 aromatic carbocycles.